The van der Waals surface area contributed by atoms with Crippen LogP contribution < -0.4 is 11.1 Å². The zero-order chi connectivity index (χ0) is 19.7. The first-order valence-electron chi connectivity index (χ1n) is 8.42. The Kier molecular flexibility index (Phi) is 4.51. The number of halogens is 1. The molecule has 0 saturated carbocycles. The quantitative estimate of drug-likeness (QED) is 0.486. The van der Waals surface area contributed by atoms with Gasteiger partial charge in [0.1, 0.15) is 5.82 Å². The number of aromatic nitrogens is 5. The van der Waals surface area contributed by atoms with Gasteiger partial charge in [0.25, 0.3) is 0 Å². The van der Waals surface area contributed by atoms with E-state index in [1.807, 2.05) is 19.1 Å². The lowest BCUT2D eigenvalue weighted by Gasteiger charge is -2.10. The molecule has 4 aromatic rings. The molecule has 3 aromatic heterocycles. The van der Waals surface area contributed by atoms with Crippen molar-refractivity contribution in [2.75, 3.05) is 11.1 Å². The lowest BCUT2D eigenvalue weighted by Crippen LogP contribution is -2.05. The molecule has 3 heterocycles. The molecule has 0 fully saturated rings. The maximum atomic E-state index is 9.04. The lowest BCUT2D eigenvalue weighted by molar-refractivity contribution is 0.970. The van der Waals surface area contributed by atoms with Crippen molar-refractivity contribution in [3.8, 4) is 17.3 Å². The van der Waals surface area contributed by atoms with Crippen LogP contribution in [0.4, 0.5) is 11.8 Å². The summed E-state index contributed by atoms with van der Waals surface area (Å²) in [5.74, 6) is 0.844. The summed E-state index contributed by atoms with van der Waals surface area (Å²) in [6.45, 7) is 2.34. The number of aromatic amines is 1. The molecule has 0 bridgehead atoms. The number of hydrogen-bond acceptors (Lipinski definition) is 7. The molecule has 0 radical (unpaired) electrons. The molecule has 4 rings (SSSR count). The molecule has 0 unspecified atom stereocenters. The van der Waals surface area contributed by atoms with E-state index in [1.165, 1.54) is 0 Å². The summed E-state index contributed by atoms with van der Waals surface area (Å²) < 4.78 is 0. The number of hydrogen-bond donors (Lipinski definition) is 3. The SMILES string of the molecule is Cc1cc(C#N)ccc1-c1nc(NCc2[nH]nc3nc(N)ccc23)ncc1Cl. The third kappa shape index (κ3) is 3.31. The van der Waals surface area contributed by atoms with Gasteiger partial charge < -0.3 is 11.1 Å². The Morgan fingerprint density at radius 3 is 2.89 bits per heavy atom. The molecule has 0 atom stereocenters. The van der Waals surface area contributed by atoms with E-state index in [1.54, 1.807) is 24.4 Å². The number of pyridine rings is 1. The number of nitrogen functional groups attached to an aromatic ring is 1. The molecule has 0 spiro atoms. The highest BCUT2D eigenvalue weighted by molar-refractivity contribution is 6.33. The van der Waals surface area contributed by atoms with E-state index in [0.29, 0.717) is 40.2 Å². The number of nitriles is 1. The van der Waals surface area contributed by atoms with Gasteiger partial charge in [-0.25, -0.2) is 15.0 Å². The molecule has 0 aliphatic rings. The Morgan fingerprint density at radius 2 is 2.11 bits per heavy atom. The number of rotatable bonds is 4. The van der Waals surface area contributed by atoms with E-state index in [2.05, 4.69) is 36.5 Å². The van der Waals surface area contributed by atoms with Crippen LogP contribution in [0.5, 0.6) is 0 Å². The number of nitrogens with zero attached hydrogens (tertiary/aromatic N) is 5. The zero-order valence-electron chi connectivity index (χ0n) is 14.9. The van der Waals surface area contributed by atoms with Gasteiger partial charge in [-0.3, -0.25) is 5.10 Å². The first-order valence-corrected chi connectivity index (χ1v) is 8.80. The van der Waals surface area contributed by atoms with Crippen molar-refractivity contribution < 1.29 is 0 Å². The second-order valence-corrected chi connectivity index (χ2v) is 6.60. The molecule has 138 valence electrons. The Hall–Kier alpha value is -3.70. The van der Waals surface area contributed by atoms with Gasteiger partial charge in [0, 0.05) is 10.9 Å². The van der Waals surface area contributed by atoms with Crippen molar-refractivity contribution >= 4 is 34.4 Å². The highest BCUT2D eigenvalue weighted by Gasteiger charge is 2.12. The summed E-state index contributed by atoms with van der Waals surface area (Å²) in [4.78, 5) is 13.0. The minimum Gasteiger partial charge on any atom is -0.384 e. The zero-order valence-corrected chi connectivity index (χ0v) is 15.6. The predicted octanol–water partition coefficient (Wildman–Crippen LogP) is 3.44. The molecular formula is C19H15ClN8. The number of nitrogens with one attached hydrogen (secondary N) is 2. The number of aryl methyl sites for hydroxylation is 1. The van der Waals surface area contributed by atoms with Crippen molar-refractivity contribution in [2.45, 2.75) is 13.5 Å². The number of fused-ring (bicyclic) bond motifs is 1. The third-order valence-electron chi connectivity index (χ3n) is 4.30. The van der Waals surface area contributed by atoms with Crippen LogP contribution in [0.2, 0.25) is 5.02 Å². The summed E-state index contributed by atoms with van der Waals surface area (Å²) in [6, 6.07) is 11.1. The van der Waals surface area contributed by atoms with Crippen molar-refractivity contribution in [3.05, 3.63) is 58.4 Å². The number of benzene rings is 1. The van der Waals surface area contributed by atoms with E-state index in [-0.39, 0.29) is 0 Å². The minimum atomic E-state index is 0.418. The van der Waals surface area contributed by atoms with Crippen molar-refractivity contribution in [1.82, 2.24) is 25.1 Å². The molecular weight excluding hydrogens is 376 g/mol. The highest BCUT2D eigenvalue weighted by Crippen LogP contribution is 2.29. The monoisotopic (exact) mass is 390 g/mol. The molecule has 4 N–H and O–H groups in total. The molecule has 0 saturated heterocycles. The predicted molar refractivity (Wildman–Crippen MR) is 108 cm³/mol. The van der Waals surface area contributed by atoms with Gasteiger partial charge in [0.2, 0.25) is 5.95 Å². The van der Waals surface area contributed by atoms with E-state index in [9.17, 15) is 0 Å². The molecule has 1 aromatic carbocycles. The number of H-pyrrole nitrogens is 1. The molecule has 0 aliphatic carbocycles. The normalized spacial score (nSPS) is 10.8. The maximum Gasteiger partial charge on any atom is 0.223 e. The fraction of sp³-hybridized carbons (Fsp3) is 0.105. The van der Waals surface area contributed by atoms with Crippen LogP contribution >= 0.6 is 11.6 Å². The average Bonchev–Trinajstić information content (AvgIpc) is 3.09. The third-order valence-corrected chi connectivity index (χ3v) is 4.57. The summed E-state index contributed by atoms with van der Waals surface area (Å²) in [7, 11) is 0. The Balaban J connectivity index is 1.61. The van der Waals surface area contributed by atoms with Gasteiger partial charge in [0.05, 0.1) is 40.8 Å². The van der Waals surface area contributed by atoms with Gasteiger partial charge in [0.15, 0.2) is 5.65 Å². The van der Waals surface area contributed by atoms with Crippen LogP contribution in [0.15, 0.2) is 36.5 Å². The largest absolute Gasteiger partial charge is 0.384 e. The van der Waals surface area contributed by atoms with Crippen LogP contribution in [0.1, 0.15) is 16.8 Å². The molecule has 0 amide bonds. The maximum absolute atomic E-state index is 9.04. The number of nitrogens with two attached hydrogens (primary N) is 1. The highest BCUT2D eigenvalue weighted by atomic mass is 35.5. The van der Waals surface area contributed by atoms with E-state index in [0.717, 1.165) is 22.2 Å². The second kappa shape index (κ2) is 7.13. The molecule has 8 nitrogen and oxygen atoms in total. The van der Waals surface area contributed by atoms with Crippen molar-refractivity contribution in [1.29, 1.82) is 5.26 Å². The fourth-order valence-corrected chi connectivity index (χ4v) is 3.10. The molecule has 9 heteroatoms. The van der Waals surface area contributed by atoms with E-state index >= 15 is 0 Å². The Bertz CT molecular complexity index is 1220. The molecule has 0 aliphatic heterocycles. The van der Waals surface area contributed by atoms with Gasteiger partial charge in [-0.1, -0.05) is 17.7 Å². The van der Waals surface area contributed by atoms with Crippen LogP contribution in [-0.2, 0) is 6.54 Å². The summed E-state index contributed by atoms with van der Waals surface area (Å²) >= 11 is 6.31. The summed E-state index contributed by atoms with van der Waals surface area (Å²) in [6.07, 6.45) is 1.55. The number of anilines is 2. The van der Waals surface area contributed by atoms with Gasteiger partial charge in [-0.05, 0) is 36.8 Å². The van der Waals surface area contributed by atoms with Gasteiger partial charge in [-0.15, -0.1) is 0 Å². The van der Waals surface area contributed by atoms with Crippen LogP contribution in [0.25, 0.3) is 22.3 Å². The fourth-order valence-electron chi connectivity index (χ4n) is 2.91. The average molecular weight is 391 g/mol. The molecule has 28 heavy (non-hydrogen) atoms. The Morgan fingerprint density at radius 1 is 1.25 bits per heavy atom. The lowest BCUT2D eigenvalue weighted by atomic mass is 10.0. The first kappa shape index (κ1) is 17.7. The topological polar surface area (TPSA) is 129 Å². The van der Waals surface area contributed by atoms with E-state index in [4.69, 9.17) is 22.6 Å². The van der Waals surface area contributed by atoms with Crippen molar-refractivity contribution in [3.63, 3.8) is 0 Å². The van der Waals surface area contributed by atoms with Crippen molar-refractivity contribution in [2.24, 2.45) is 0 Å². The Labute approximate surface area is 165 Å². The van der Waals surface area contributed by atoms with Gasteiger partial charge in [-0.2, -0.15) is 10.4 Å². The minimum absolute atomic E-state index is 0.418. The van der Waals surface area contributed by atoms with Crippen LogP contribution in [-0.4, -0.2) is 25.1 Å². The van der Waals surface area contributed by atoms with Gasteiger partial charge >= 0.3 is 0 Å². The second-order valence-electron chi connectivity index (χ2n) is 6.19. The van der Waals surface area contributed by atoms with Crippen LogP contribution in [0.3, 0.4) is 0 Å². The standard InChI is InChI=1S/C19H15ClN8/c1-10-6-11(7-21)2-3-12(10)17-14(20)8-23-19(26-17)24-9-15-13-4-5-16(22)25-18(13)28-27-15/h2-6,8H,9H2,1H3,(H,23,24,26)(H3,22,25,27,28). The van der Waals surface area contributed by atoms with Crippen LogP contribution in [0, 0.1) is 18.3 Å². The smallest absolute Gasteiger partial charge is 0.223 e. The summed E-state index contributed by atoms with van der Waals surface area (Å²) in [5, 5.41) is 20.6. The first-order chi connectivity index (χ1) is 13.5. The summed E-state index contributed by atoms with van der Waals surface area (Å²) in [5.41, 5.74) is 10.0. The van der Waals surface area contributed by atoms with E-state index < -0.39 is 0 Å².